The number of benzene rings is 1. The van der Waals surface area contributed by atoms with Crippen LogP contribution in [0.25, 0.3) is 10.9 Å². The number of fused-ring (bicyclic) bond motifs is 1. The Kier molecular flexibility index (Phi) is 2.67. The van der Waals surface area contributed by atoms with Crippen molar-refractivity contribution in [3.05, 3.63) is 24.3 Å². The van der Waals surface area contributed by atoms with Gasteiger partial charge in [0.05, 0.1) is 24.6 Å². The fourth-order valence-electron chi connectivity index (χ4n) is 1.37. The average Bonchev–Trinajstić information content (AvgIpc) is 2.29. The third kappa shape index (κ3) is 1.83. The van der Waals surface area contributed by atoms with Gasteiger partial charge >= 0.3 is 6.01 Å². The zero-order chi connectivity index (χ0) is 10.7. The summed E-state index contributed by atoms with van der Waals surface area (Å²) in [5.74, 6) is 0.569. The van der Waals surface area contributed by atoms with Crippen molar-refractivity contribution in [3.8, 4) is 11.9 Å². The molecular weight excluding hydrogens is 192 g/mol. The summed E-state index contributed by atoms with van der Waals surface area (Å²) in [5, 5.41) is 0.903. The highest BCUT2D eigenvalue weighted by atomic mass is 16.5. The van der Waals surface area contributed by atoms with Crippen molar-refractivity contribution in [2.24, 2.45) is 0 Å². The van der Waals surface area contributed by atoms with E-state index in [1.54, 1.807) is 7.11 Å². The molecule has 1 aromatic carbocycles. The van der Waals surface area contributed by atoms with Crippen molar-refractivity contribution in [1.82, 2.24) is 9.97 Å². The highest BCUT2D eigenvalue weighted by Crippen LogP contribution is 2.24. The molecule has 0 aliphatic heterocycles. The lowest BCUT2D eigenvalue weighted by Gasteiger charge is -2.07. The van der Waals surface area contributed by atoms with Crippen LogP contribution in [0.5, 0.6) is 11.9 Å². The second kappa shape index (κ2) is 4.13. The van der Waals surface area contributed by atoms with Gasteiger partial charge in [-0.05, 0) is 19.1 Å². The zero-order valence-electron chi connectivity index (χ0n) is 8.73. The fraction of sp³-hybridized carbons (Fsp3) is 0.273. The van der Waals surface area contributed by atoms with Crippen molar-refractivity contribution in [2.45, 2.75) is 6.92 Å². The molecule has 2 aromatic rings. The SMILES string of the molecule is CCOc1nc(OC)nc2ccccc12. The summed E-state index contributed by atoms with van der Waals surface area (Å²) < 4.78 is 10.4. The second-order valence-electron chi connectivity index (χ2n) is 2.97. The number of hydrogen-bond donors (Lipinski definition) is 0. The van der Waals surface area contributed by atoms with E-state index < -0.39 is 0 Å². The molecule has 0 unspecified atom stereocenters. The van der Waals surface area contributed by atoms with Gasteiger partial charge in [0, 0.05) is 0 Å². The molecule has 2 rings (SSSR count). The van der Waals surface area contributed by atoms with Gasteiger partial charge in [0.1, 0.15) is 0 Å². The van der Waals surface area contributed by atoms with Gasteiger partial charge in [-0.25, -0.2) is 0 Å². The summed E-state index contributed by atoms with van der Waals surface area (Å²) >= 11 is 0. The Bertz CT molecular complexity index is 471. The minimum atomic E-state index is 0.331. The Hall–Kier alpha value is -1.84. The number of ether oxygens (including phenoxy) is 2. The highest BCUT2D eigenvalue weighted by Gasteiger charge is 2.07. The standard InChI is InChI=1S/C11H12N2O2/c1-3-15-10-8-6-4-5-7-9(8)12-11(13-10)14-2/h4-7H,3H2,1-2H3. The molecule has 1 heterocycles. The Balaban J connectivity index is 2.63. The van der Waals surface area contributed by atoms with Crippen LogP contribution in [0.3, 0.4) is 0 Å². The number of hydrogen-bond acceptors (Lipinski definition) is 4. The summed E-state index contributed by atoms with van der Waals surface area (Å²) in [6.07, 6.45) is 0. The summed E-state index contributed by atoms with van der Waals surface area (Å²) in [7, 11) is 1.54. The summed E-state index contributed by atoms with van der Waals surface area (Å²) in [6.45, 7) is 2.49. The van der Waals surface area contributed by atoms with E-state index in [2.05, 4.69) is 9.97 Å². The first kappa shape index (κ1) is 9.71. The molecule has 0 saturated carbocycles. The van der Waals surface area contributed by atoms with Crippen molar-refractivity contribution < 1.29 is 9.47 Å². The smallest absolute Gasteiger partial charge is 0.320 e. The van der Waals surface area contributed by atoms with Gasteiger partial charge in [0.15, 0.2) is 0 Å². The second-order valence-corrected chi connectivity index (χ2v) is 2.97. The zero-order valence-corrected chi connectivity index (χ0v) is 8.73. The topological polar surface area (TPSA) is 44.2 Å². The van der Waals surface area contributed by atoms with Gasteiger partial charge in [-0.1, -0.05) is 12.1 Å². The molecule has 15 heavy (non-hydrogen) atoms. The lowest BCUT2D eigenvalue weighted by molar-refractivity contribution is 0.317. The van der Waals surface area contributed by atoms with E-state index in [9.17, 15) is 0 Å². The quantitative estimate of drug-likeness (QED) is 0.767. The molecule has 1 aromatic heterocycles. The molecule has 0 aliphatic carbocycles. The van der Waals surface area contributed by atoms with Crippen LogP contribution in [-0.2, 0) is 0 Å². The maximum Gasteiger partial charge on any atom is 0.320 e. The molecule has 0 N–H and O–H groups in total. The molecule has 78 valence electrons. The number of nitrogens with zero attached hydrogens (tertiary/aromatic N) is 2. The molecule has 0 amide bonds. The van der Waals surface area contributed by atoms with Gasteiger partial charge in [0.2, 0.25) is 5.88 Å². The van der Waals surface area contributed by atoms with Crippen LogP contribution in [0.15, 0.2) is 24.3 Å². The van der Waals surface area contributed by atoms with E-state index in [1.165, 1.54) is 0 Å². The molecular formula is C11H12N2O2. The van der Waals surface area contributed by atoms with Crippen LogP contribution in [0.2, 0.25) is 0 Å². The maximum atomic E-state index is 5.43. The van der Waals surface area contributed by atoms with Crippen molar-refractivity contribution >= 4 is 10.9 Å². The van der Waals surface area contributed by atoms with Crippen molar-refractivity contribution in [2.75, 3.05) is 13.7 Å². The first-order chi connectivity index (χ1) is 7.35. The van der Waals surface area contributed by atoms with Crippen molar-refractivity contribution in [3.63, 3.8) is 0 Å². The fourth-order valence-corrected chi connectivity index (χ4v) is 1.37. The lowest BCUT2D eigenvalue weighted by Crippen LogP contribution is -1.99. The van der Waals surface area contributed by atoms with Crippen LogP contribution >= 0.6 is 0 Å². The molecule has 4 nitrogen and oxygen atoms in total. The van der Waals surface area contributed by atoms with E-state index in [4.69, 9.17) is 9.47 Å². The minimum absolute atomic E-state index is 0.331. The van der Waals surface area contributed by atoms with Crippen LogP contribution in [0.1, 0.15) is 6.92 Å². The third-order valence-corrected chi connectivity index (χ3v) is 2.01. The molecule has 0 saturated heterocycles. The van der Waals surface area contributed by atoms with E-state index in [0.29, 0.717) is 18.5 Å². The minimum Gasteiger partial charge on any atom is -0.477 e. The Labute approximate surface area is 87.9 Å². The molecule has 0 atom stereocenters. The molecule has 0 radical (unpaired) electrons. The summed E-state index contributed by atoms with van der Waals surface area (Å²) in [6, 6.07) is 8.02. The average molecular weight is 204 g/mol. The molecule has 0 fully saturated rings. The van der Waals surface area contributed by atoms with Gasteiger partial charge in [-0.15, -0.1) is 0 Å². The van der Waals surface area contributed by atoms with E-state index in [-0.39, 0.29) is 0 Å². The molecule has 0 spiro atoms. The molecule has 0 aliphatic rings. The van der Waals surface area contributed by atoms with E-state index in [0.717, 1.165) is 10.9 Å². The largest absolute Gasteiger partial charge is 0.477 e. The van der Waals surface area contributed by atoms with Crippen molar-refractivity contribution in [1.29, 1.82) is 0 Å². The predicted molar refractivity (Wildman–Crippen MR) is 57.3 cm³/mol. The van der Waals surface area contributed by atoms with Crippen LogP contribution in [0.4, 0.5) is 0 Å². The predicted octanol–water partition coefficient (Wildman–Crippen LogP) is 2.04. The van der Waals surface area contributed by atoms with Gasteiger partial charge in [0.25, 0.3) is 0 Å². The number of rotatable bonds is 3. The molecule has 0 bridgehead atoms. The van der Waals surface area contributed by atoms with Gasteiger partial charge < -0.3 is 9.47 Å². The van der Waals surface area contributed by atoms with Crippen LogP contribution in [-0.4, -0.2) is 23.7 Å². The third-order valence-electron chi connectivity index (χ3n) is 2.01. The number of para-hydroxylation sites is 1. The Morgan fingerprint density at radius 1 is 1.20 bits per heavy atom. The number of methoxy groups -OCH3 is 1. The first-order valence-electron chi connectivity index (χ1n) is 4.78. The van der Waals surface area contributed by atoms with E-state index in [1.807, 2.05) is 31.2 Å². The first-order valence-corrected chi connectivity index (χ1v) is 4.78. The summed E-state index contributed by atoms with van der Waals surface area (Å²) in [4.78, 5) is 8.38. The van der Waals surface area contributed by atoms with Gasteiger partial charge in [-0.2, -0.15) is 9.97 Å². The Morgan fingerprint density at radius 2 is 2.00 bits per heavy atom. The normalized spacial score (nSPS) is 10.3. The monoisotopic (exact) mass is 204 g/mol. The number of aromatic nitrogens is 2. The lowest BCUT2D eigenvalue weighted by atomic mass is 10.2. The maximum absolute atomic E-state index is 5.43. The van der Waals surface area contributed by atoms with Crippen LogP contribution in [0, 0.1) is 0 Å². The van der Waals surface area contributed by atoms with E-state index >= 15 is 0 Å². The van der Waals surface area contributed by atoms with Gasteiger partial charge in [-0.3, -0.25) is 0 Å². The summed E-state index contributed by atoms with van der Waals surface area (Å²) in [5.41, 5.74) is 0.827. The van der Waals surface area contributed by atoms with Crippen LogP contribution < -0.4 is 9.47 Å². The highest BCUT2D eigenvalue weighted by molar-refractivity contribution is 5.83. The molecule has 4 heteroatoms. The Morgan fingerprint density at radius 3 is 2.73 bits per heavy atom.